The molecule has 0 fully saturated rings. The van der Waals surface area contributed by atoms with E-state index >= 15 is 0 Å². The summed E-state index contributed by atoms with van der Waals surface area (Å²) in [5, 5.41) is 14.6. The molecule has 2 aromatic carbocycles. The Bertz CT molecular complexity index is 802. The molecule has 0 aliphatic heterocycles. The summed E-state index contributed by atoms with van der Waals surface area (Å²) in [5.41, 5.74) is 3.50. The number of halogens is 2. The standard InChI is InChI=1S/C16H11BrClN3O3/c17-13-5-3-12(4-6-13)16(22)20-19-10-14(18)9-11-1-7-15(8-2-11)21(23)24/h1-10H,(H,20,22)/b14-9+,19-10?. The first kappa shape index (κ1) is 17.8. The molecule has 0 radical (unpaired) electrons. The predicted octanol–water partition coefficient (Wildman–Crippen LogP) is 4.35. The van der Waals surface area contributed by atoms with Crippen molar-refractivity contribution in [3.8, 4) is 0 Å². The van der Waals surface area contributed by atoms with Gasteiger partial charge in [0.05, 0.1) is 16.2 Å². The van der Waals surface area contributed by atoms with Crippen LogP contribution >= 0.6 is 27.5 Å². The molecular formula is C16H11BrClN3O3. The molecular weight excluding hydrogens is 398 g/mol. The molecule has 0 saturated heterocycles. The van der Waals surface area contributed by atoms with E-state index in [-0.39, 0.29) is 16.6 Å². The minimum Gasteiger partial charge on any atom is -0.267 e. The van der Waals surface area contributed by atoms with E-state index < -0.39 is 4.92 Å². The Morgan fingerprint density at radius 2 is 1.79 bits per heavy atom. The molecule has 0 heterocycles. The maximum absolute atomic E-state index is 11.8. The fraction of sp³-hybridized carbons (Fsp3) is 0. The Kier molecular flexibility index (Phi) is 6.22. The zero-order valence-corrected chi connectivity index (χ0v) is 14.5. The summed E-state index contributed by atoms with van der Waals surface area (Å²) < 4.78 is 0.872. The smallest absolute Gasteiger partial charge is 0.267 e. The van der Waals surface area contributed by atoms with Crippen LogP contribution in [0.25, 0.3) is 6.08 Å². The lowest BCUT2D eigenvalue weighted by molar-refractivity contribution is -0.384. The third-order valence-electron chi connectivity index (χ3n) is 2.87. The summed E-state index contributed by atoms with van der Waals surface area (Å²) in [6.07, 6.45) is 2.85. The van der Waals surface area contributed by atoms with Gasteiger partial charge in [-0.2, -0.15) is 5.10 Å². The van der Waals surface area contributed by atoms with E-state index in [2.05, 4.69) is 26.5 Å². The first-order valence-electron chi connectivity index (χ1n) is 6.66. The number of benzene rings is 2. The number of non-ortho nitro benzene ring substituents is 1. The second kappa shape index (κ2) is 8.37. The Morgan fingerprint density at radius 1 is 1.17 bits per heavy atom. The van der Waals surface area contributed by atoms with Gasteiger partial charge in [0.1, 0.15) is 0 Å². The minimum atomic E-state index is -0.478. The van der Waals surface area contributed by atoms with Crippen LogP contribution in [0.15, 0.2) is 63.1 Å². The number of amides is 1. The number of rotatable bonds is 5. The van der Waals surface area contributed by atoms with Crippen LogP contribution in [-0.4, -0.2) is 17.0 Å². The molecule has 0 saturated carbocycles. The average Bonchev–Trinajstić information content (AvgIpc) is 2.55. The van der Waals surface area contributed by atoms with Crippen LogP contribution < -0.4 is 5.43 Å². The molecule has 122 valence electrons. The summed E-state index contributed by atoms with van der Waals surface area (Å²) >= 11 is 9.27. The van der Waals surface area contributed by atoms with E-state index in [1.807, 2.05) is 0 Å². The topological polar surface area (TPSA) is 84.6 Å². The summed E-state index contributed by atoms with van der Waals surface area (Å²) in [6, 6.07) is 12.7. The van der Waals surface area contributed by atoms with Gasteiger partial charge >= 0.3 is 0 Å². The molecule has 0 atom stereocenters. The van der Waals surface area contributed by atoms with Gasteiger partial charge in [0, 0.05) is 22.2 Å². The number of nitrogens with one attached hydrogen (secondary N) is 1. The molecule has 0 aromatic heterocycles. The second-order valence-corrected chi connectivity index (χ2v) is 5.94. The molecule has 8 heteroatoms. The maximum atomic E-state index is 11.8. The third kappa shape index (κ3) is 5.29. The second-order valence-electron chi connectivity index (χ2n) is 4.58. The van der Waals surface area contributed by atoms with Crippen molar-refractivity contribution in [2.75, 3.05) is 0 Å². The normalized spacial score (nSPS) is 11.5. The van der Waals surface area contributed by atoms with Crippen molar-refractivity contribution in [1.29, 1.82) is 0 Å². The minimum absolute atomic E-state index is 0.00120. The fourth-order valence-electron chi connectivity index (χ4n) is 1.71. The van der Waals surface area contributed by atoms with Gasteiger partial charge in [0.15, 0.2) is 0 Å². The van der Waals surface area contributed by atoms with E-state index in [1.165, 1.54) is 18.3 Å². The van der Waals surface area contributed by atoms with Crippen LogP contribution in [-0.2, 0) is 0 Å². The SMILES string of the molecule is O=C(NN=C/C(Cl)=C\c1ccc([N+](=O)[O-])cc1)c1ccc(Br)cc1. The van der Waals surface area contributed by atoms with Crippen LogP contribution in [0.1, 0.15) is 15.9 Å². The van der Waals surface area contributed by atoms with Crippen molar-refractivity contribution in [3.63, 3.8) is 0 Å². The van der Waals surface area contributed by atoms with E-state index in [1.54, 1.807) is 42.5 Å². The number of nitro benzene ring substituents is 1. The number of nitro groups is 1. The van der Waals surface area contributed by atoms with Gasteiger partial charge in [-0.05, 0) is 48.0 Å². The summed E-state index contributed by atoms with van der Waals surface area (Å²) in [6.45, 7) is 0. The highest BCUT2D eigenvalue weighted by molar-refractivity contribution is 9.10. The first-order chi connectivity index (χ1) is 11.5. The molecule has 0 bridgehead atoms. The zero-order chi connectivity index (χ0) is 17.5. The maximum Gasteiger partial charge on any atom is 0.271 e. The lowest BCUT2D eigenvalue weighted by Gasteiger charge is -1.99. The highest BCUT2D eigenvalue weighted by Crippen LogP contribution is 2.15. The van der Waals surface area contributed by atoms with Gasteiger partial charge in [-0.1, -0.05) is 27.5 Å². The Balaban J connectivity index is 1.96. The Hall–Kier alpha value is -2.51. The van der Waals surface area contributed by atoms with Gasteiger partial charge in [0.2, 0.25) is 0 Å². The van der Waals surface area contributed by atoms with Gasteiger partial charge in [-0.25, -0.2) is 5.43 Å². The van der Waals surface area contributed by atoms with Gasteiger partial charge in [0.25, 0.3) is 11.6 Å². The first-order valence-corrected chi connectivity index (χ1v) is 7.83. The lowest BCUT2D eigenvalue weighted by Crippen LogP contribution is -2.17. The number of allylic oxidation sites excluding steroid dienone is 1. The molecule has 0 aliphatic rings. The monoisotopic (exact) mass is 407 g/mol. The number of hydrazone groups is 1. The summed E-state index contributed by atoms with van der Waals surface area (Å²) in [5.74, 6) is -0.362. The van der Waals surface area contributed by atoms with E-state index in [0.717, 1.165) is 4.47 Å². The van der Waals surface area contributed by atoms with Crippen molar-refractivity contribution in [2.45, 2.75) is 0 Å². The predicted molar refractivity (Wildman–Crippen MR) is 97.0 cm³/mol. The molecule has 0 spiro atoms. The number of carbonyl (C=O) groups excluding carboxylic acids is 1. The number of carbonyl (C=O) groups is 1. The van der Waals surface area contributed by atoms with Crippen LogP contribution in [0, 0.1) is 10.1 Å². The summed E-state index contributed by atoms with van der Waals surface area (Å²) in [7, 11) is 0. The third-order valence-corrected chi connectivity index (χ3v) is 3.60. The zero-order valence-electron chi connectivity index (χ0n) is 12.1. The molecule has 1 amide bonds. The molecule has 0 aliphatic carbocycles. The van der Waals surface area contributed by atoms with Crippen molar-refractivity contribution in [2.24, 2.45) is 5.10 Å². The van der Waals surface area contributed by atoms with E-state index in [4.69, 9.17) is 11.6 Å². The Labute approximate surface area is 151 Å². The molecule has 2 aromatic rings. The number of hydrogen-bond donors (Lipinski definition) is 1. The highest BCUT2D eigenvalue weighted by atomic mass is 79.9. The van der Waals surface area contributed by atoms with Crippen LogP contribution in [0.2, 0.25) is 0 Å². The van der Waals surface area contributed by atoms with Crippen molar-refractivity contribution < 1.29 is 9.72 Å². The average molecular weight is 409 g/mol. The van der Waals surface area contributed by atoms with Crippen molar-refractivity contribution >= 4 is 51.4 Å². The van der Waals surface area contributed by atoms with E-state index in [0.29, 0.717) is 11.1 Å². The van der Waals surface area contributed by atoms with Crippen molar-refractivity contribution in [1.82, 2.24) is 5.43 Å². The number of nitrogens with zero attached hydrogens (tertiary/aromatic N) is 2. The Morgan fingerprint density at radius 3 is 2.38 bits per heavy atom. The highest BCUT2D eigenvalue weighted by Gasteiger charge is 2.04. The van der Waals surface area contributed by atoms with E-state index in [9.17, 15) is 14.9 Å². The van der Waals surface area contributed by atoms with Crippen molar-refractivity contribution in [3.05, 3.63) is 79.3 Å². The quantitative estimate of drug-likeness (QED) is 0.453. The molecule has 0 unspecified atom stereocenters. The number of hydrogen-bond acceptors (Lipinski definition) is 4. The summed E-state index contributed by atoms with van der Waals surface area (Å²) in [4.78, 5) is 21.9. The molecule has 6 nitrogen and oxygen atoms in total. The molecule has 24 heavy (non-hydrogen) atoms. The van der Waals surface area contributed by atoms with Crippen LogP contribution in [0.5, 0.6) is 0 Å². The molecule has 1 N–H and O–H groups in total. The largest absolute Gasteiger partial charge is 0.271 e. The van der Waals surface area contributed by atoms with Crippen LogP contribution in [0.4, 0.5) is 5.69 Å². The van der Waals surface area contributed by atoms with Gasteiger partial charge in [-0.3, -0.25) is 14.9 Å². The van der Waals surface area contributed by atoms with Gasteiger partial charge in [-0.15, -0.1) is 0 Å². The lowest BCUT2D eigenvalue weighted by atomic mass is 10.2. The van der Waals surface area contributed by atoms with Crippen LogP contribution in [0.3, 0.4) is 0 Å². The van der Waals surface area contributed by atoms with Gasteiger partial charge < -0.3 is 0 Å². The molecule has 2 rings (SSSR count). The fourth-order valence-corrected chi connectivity index (χ4v) is 2.15.